The monoisotopic (exact) mass is 361 g/mol. The van der Waals surface area contributed by atoms with Gasteiger partial charge < -0.3 is 0 Å². The van der Waals surface area contributed by atoms with Crippen LogP contribution in [0, 0.1) is 5.92 Å². The van der Waals surface area contributed by atoms with Gasteiger partial charge in [-0.25, -0.2) is 9.78 Å². The quantitative estimate of drug-likeness (QED) is 0.400. The molecule has 146 valence electrons. The fraction of sp³-hybridized carbons (Fsp3) is 0.727. The zero-order valence-electron chi connectivity index (χ0n) is 16.3. The van der Waals surface area contributed by atoms with Crippen molar-refractivity contribution in [3.8, 4) is 0 Å². The summed E-state index contributed by atoms with van der Waals surface area (Å²) in [6.45, 7) is 2.99. The fourth-order valence-corrected chi connectivity index (χ4v) is 3.97. The Morgan fingerprint density at radius 1 is 0.923 bits per heavy atom. The third-order valence-electron chi connectivity index (χ3n) is 5.59. The molecule has 0 aromatic heterocycles. The number of hydrogen-bond acceptors (Lipinski definition) is 4. The second-order valence-electron chi connectivity index (χ2n) is 7.78. The molecule has 1 aromatic carbocycles. The molecule has 1 aliphatic heterocycles. The highest BCUT2D eigenvalue weighted by atomic mass is 17.3. The molecule has 26 heavy (non-hydrogen) atoms. The molecular weight excluding hydrogens is 326 g/mol. The van der Waals surface area contributed by atoms with Crippen LogP contribution in [0.5, 0.6) is 0 Å². The smallest absolute Gasteiger partial charge is 0.213 e. The number of nitrogens with zero attached hydrogens (tertiary/aromatic N) is 1. The normalized spacial score (nSPS) is 25.4. The van der Waals surface area contributed by atoms with Crippen molar-refractivity contribution in [1.82, 2.24) is 5.06 Å². The number of hydroxylamine groups is 2. The van der Waals surface area contributed by atoms with Crippen LogP contribution in [0.25, 0.3) is 0 Å². The van der Waals surface area contributed by atoms with E-state index in [0.29, 0.717) is 5.92 Å². The van der Waals surface area contributed by atoms with Crippen molar-refractivity contribution in [1.29, 1.82) is 0 Å². The maximum atomic E-state index is 6.31. The average Bonchev–Trinajstić information content (AvgIpc) is 2.70. The van der Waals surface area contributed by atoms with E-state index in [0.717, 1.165) is 19.4 Å². The standard InChI is InChI=1S/C22H35NO3/c1-2-3-4-5-12-17-21-23(18-19-13-8-6-9-14-19)24-22(26-25-21)20-15-10-7-11-16-20/h6,8-9,13-14,20-22H,2-5,7,10-12,15-18H2,1H3. The van der Waals surface area contributed by atoms with E-state index in [2.05, 4.69) is 37.3 Å². The zero-order valence-corrected chi connectivity index (χ0v) is 16.3. The molecule has 0 N–H and O–H groups in total. The minimum absolute atomic E-state index is 0.114. The van der Waals surface area contributed by atoms with Crippen molar-refractivity contribution in [3.63, 3.8) is 0 Å². The molecule has 2 fully saturated rings. The molecule has 0 spiro atoms. The van der Waals surface area contributed by atoms with E-state index >= 15 is 0 Å². The van der Waals surface area contributed by atoms with Crippen LogP contribution in [-0.4, -0.2) is 17.6 Å². The maximum absolute atomic E-state index is 6.31. The number of rotatable bonds is 9. The lowest BCUT2D eigenvalue weighted by atomic mass is 9.89. The van der Waals surface area contributed by atoms with Gasteiger partial charge in [0.1, 0.15) is 0 Å². The minimum Gasteiger partial charge on any atom is -0.261 e. The molecule has 1 heterocycles. The Morgan fingerprint density at radius 3 is 2.46 bits per heavy atom. The molecule has 4 heteroatoms. The van der Waals surface area contributed by atoms with Crippen LogP contribution in [0.15, 0.2) is 30.3 Å². The molecule has 3 rings (SSSR count). The molecule has 0 amide bonds. The number of benzene rings is 1. The summed E-state index contributed by atoms with van der Waals surface area (Å²) in [5.74, 6) is 0.451. The first-order valence-corrected chi connectivity index (χ1v) is 10.7. The van der Waals surface area contributed by atoms with Crippen LogP contribution in [0.3, 0.4) is 0 Å². The van der Waals surface area contributed by atoms with Crippen molar-refractivity contribution in [3.05, 3.63) is 35.9 Å². The Bertz CT molecular complexity index is 489. The van der Waals surface area contributed by atoms with Crippen LogP contribution < -0.4 is 0 Å². The molecule has 1 aromatic rings. The molecule has 0 radical (unpaired) electrons. The van der Waals surface area contributed by atoms with Gasteiger partial charge in [-0.1, -0.05) is 82.2 Å². The van der Waals surface area contributed by atoms with Gasteiger partial charge in [-0.15, -0.1) is 5.06 Å². The summed E-state index contributed by atoms with van der Waals surface area (Å²) in [5, 5.41) is 2.03. The van der Waals surface area contributed by atoms with E-state index in [4.69, 9.17) is 14.6 Å². The maximum Gasteiger partial charge on any atom is 0.213 e. The minimum atomic E-state index is -0.254. The van der Waals surface area contributed by atoms with Crippen LogP contribution in [0.4, 0.5) is 0 Å². The molecule has 1 saturated carbocycles. The first-order valence-electron chi connectivity index (χ1n) is 10.7. The van der Waals surface area contributed by atoms with Crippen LogP contribution in [-0.2, 0) is 21.2 Å². The van der Waals surface area contributed by atoms with Crippen molar-refractivity contribution >= 4 is 0 Å². The Labute approximate surface area is 158 Å². The molecule has 1 aliphatic carbocycles. The van der Waals surface area contributed by atoms with Gasteiger partial charge in [-0.2, -0.15) is 0 Å². The molecular formula is C22H35NO3. The predicted octanol–water partition coefficient (Wildman–Crippen LogP) is 5.98. The average molecular weight is 362 g/mol. The van der Waals surface area contributed by atoms with E-state index in [1.807, 2.05) is 5.06 Å². The van der Waals surface area contributed by atoms with Gasteiger partial charge in [-0.3, -0.25) is 4.84 Å². The number of unbranched alkanes of at least 4 members (excludes halogenated alkanes) is 4. The SMILES string of the molecule is CCCCCCCC1OOC(C2CCCCC2)ON1Cc1ccccc1. The third kappa shape index (κ3) is 6.05. The highest BCUT2D eigenvalue weighted by Gasteiger charge is 2.36. The largest absolute Gasteiger partial charge is 0.261 e. The van der Waals surface area contributed by atoms with E-state index < -0.39 is 0 Å². The van der Waals surface area contributed by atoms with Gasteiger partial charge >= 0.3 is 0 Å². The highest BCUT2D eigenvalue weighted by molar-refractivity contribution is 5.14. The lowest BCUT2D eigenvalue weighted by molar-refractivity contribution is -0.537. The van der Waals surface area contributed by atoms with E-state index in [1.165, 1.54) is 63.4 Å². The Hall–Kier alpha value is -0.940. The molecule has 2 unspecified atom stereocenters. The van der Waals surface area contributed by atoms with E-state index in [1.54, 1.807) is 0 Å². The Kier molecular flexibility index (Phi) is 8.40. The second kappa shape index (κ2) is 11.0. The van der Waals surface area contributed by atoms with E-state index in [-0.39, 0.29) is 12.5 Å². The Morgan fingerprint density at radius 2 is 1.69 bits per heavy atom. The van der Waals surface area contributed by atoms with Crippen molar-refractivity contribution in [2.24, 2.45) is 5.92 Å². The third-order valence-corrected chi connectivity index (χ3v) is 5.59. The second-order valence-corrected chi connectivity index (χ2v) is 7.78. The summed E-state index contributed by atoms with van der Waals surface area (Å²) >= 11 is 0. The molecule has 1 saturated heterocycles. The van der Waals surface area contributed by atoms with Crippen molar-refractivity contribution < 1.29 is 14.6 Å². The molecule has 2 atom stereocenters. The Balaban J connectivity index is 1.56. The lowest BCUT2D eigenvalue weighted by Gasteiger charge is -2.40. The van der Waals surface area contributed by atoms with Crippen LogP contribution >= 0.6 is 0 Å². The van der Waals surface area contributed by atoms with Gasteiger partial charge in [0.2, 0.25) is 6.29 Å². The fourth-order valence-electron chi connectivity index (χ4n) is 3.97. The van der Waals surface area contributed by atoms with Crippen LogP contribution in [0.2, 0.25) is 0 Å². The summed E-state index contributed by atoms with van der Waals surface area (Å²) in [5.41, 5.74) is 1.25. The summed E-state index contributed by atoms with van der Waals surface area (Å²) < 4.78 is 0. The van der Waals surface area contributed by atoms with Gasteiger partial charge in [0.15, 0.2) is 6.23 Å². The molecule has 4 nitrogen and oxygen atoms in total. The first kappa shape index (κ1) is 19.8. The number of hydrogen-bond donors (Lipinski definition) is 0. The van der Waals surface area contributed by atoms with E-state index in [9.17, 15) is 0 Å². The topological polar surface area (TPSA) is 30.9 Å². The van der Waals surface area contributed by atoms with Gasteiger partial charge in [0, 0.05) is 5.92 Å². The van der Waals surface area contributed by atoms with Crippen LogP contribution in [0.1, 0.15) is 83.1 Å². The zero-order chi connectivity index (χ0) is 18.0. The summed E-state index contributed by atoms with van der Waals surface area (Å²) in [6, 6.07) is 10.5. The summed E-state index contributed by atoms with van der Waals surface area (Å²) in [7, 11) is 0. The summed E-state index contributed by atoms with van der Waals surface area (Å²) in [6.07, 6.45) is 13.1. The predicted molar refractivity (Wildman–Crippen MR) is 103 cm³/mol. The van der Waals surface area contributed by atoms with Gasteiger partial charge in [0.05, 0.1) is 6.54 Å². The highest BCUT2D eigenvalue weighted by Crippen LogP contribution is 2.33. The first-order chi connectivity index (χ1) is 12.9. The van der Waals surface area contributed by atoms with Gasteiger partial charge in [-0.05, 0) is 31.2 Å². The molecule has 2 aliphatic rings. The molecule has 0 bridgehead atoms. The lowest BCUT2D eigenvalue weighted by Crippen LogP contribution is -2.48. The van der Waals surface area contributed by atoms with Crippen molar-refractivity contribution in [2.75, 3.05) is 0 Å². The van der Waals surface area contributed by atoms with Crippen molar-refractivity contribution in [2.45, 2.75) is 96.6 Å². The summed E-state index contributed by atoms with van der Waals surface area (Å²) in [4.78, 5) is 17.9. The van der Waals surface area contributed by atoms with Gasteiger partial charge in [0.25, 0.3) is 0 Å².